The van der Waals surface area contributed by atoms with Crippen LogP contribution < -0.4 is 9.47 Å². The Bertz CT molecular complexity index is 563. The number of benzene rings is 2. The lowest BCUT2D eigenvalue weighted by Crippen LogP contribution is -2.07. The van der Waals surface area contributed by atoms with Gasteiger partial charge in [0.05, 0.1) is 0 Å². The number of hydrogen-bond acceptors (Lipinski definition) is 2. The third kappa shape index (κ3) is 2.19. The summed E-state index contributed by atoms with van der Waals surface area (Å²) in [5, 5.41) is 0. The standard InChI is InChI=1S/C17H18O2/c1-3-12(2)14-10-7-11-15-16(14)19-17(18-15)13-8-5-4-6-9-13/h4-12,17H,3H2,1-2H3. The van der Waals surface area contributed by atoms with Crippen LogP contribution >= 0.6 is 0 Å². The lowest BCUT2D eigenvalue weighted by molar-refractivity contribution is 0.0481. The summed E-state index contributed by atoms with van der Waals surface area (Å²) in [6, 6.07) is 16.2. The molecule has 0 saturated heterocycles. The Kier molecular flexibility index (Phi) is 3.16. The maximum atomic E-state index is 6.02. The molecular formula is C17H18O2. The van der Waals surface area contributed by atoms with Crippen LogP contribution in [0.2, 0.25) is 0 Å². The van der Waals surface area contributed by atoms with E-state index in [1.54, 1.807) is 0 Å². The van der Waals surface area contributed by atoms with Crippen molar-refractivity contribution in [1.29, 1.82) is 0 Å². The molecular weight excluding hydrogens is 236 g/mol. The minimum absolute atomic E-state index is 0.318. The molecule has 1 aliphatic rings. The normalized spacial score (nSPS) is 18.3. The van der Waals surface area contributed by atoms with Crippen molar-refractivity contribution in [2.45, 2.75) is 32.5 Å². The summed E-state index contributed by atoms with van der Waals surface area (Å²) in [5.74, 6) is 2.24. The van der Waals surface area contributed by atoms with Crippen LogP contribution in [0.15, 0.2) is 48.5 Å². The molecule has 2 atom stereocenters. The van der Waals surface area contributed by atoms with Crippen molar-refractivity contribution in [3.8, 4) is 11.5 Å². The van der Waals surface area contributed by atoms with Gasteiger partial charge in [0.2, 0.25) is 0 Å². The maximum absolute atomic E-state index is 6.02. The van der Waals surface area contributed by atoms with Crippen LogP contribution in [0.4, 0.5) is 0 Å². The number of rotatable bonds is 3. The highest BCUT2D eigenvalue weighted by atomic mass is 16.7. The molecule has 2 nitrogen and oxygen atoms in total. The van der Waals surface area contributed by atoms with Gasteiger partial charge in [0, 0.05) is 11.1 Å². The first kappa shape index (κ1) is 12.1. The minimum atomic E-state index is -0.318. The van der Waals surface area contributed by atoms with E-state index >= 15 is 0 Å². The van der Waals surface area contributed by atoms with Crippen LogP contribution in [0.25, 0.3) is 0 Å². The first-order valence-corrected chi connectivity index (χ1v) is 6.80. The van der Waals surface area contributed by atoms with E-state index in [4.69, 9.17) is 9.47 Å². The Balaban J connectivity index is 1.92. The molecule has 2 aromatic rings. The Morgan fingerprint density at radius 1 is 1.00 bits per heavy atom. The van der Waals surface area contributed by atoms with E-state index in [1.807, 2.05) is 42.5 Å². The molecule has 0 fully saturated rings. The summed E-state index contributed by atoms with van der Waals surface area (Å²) in [7, 11) is 0. The molecule has 0 N–H and O–H groups in total. The molecule has 0 spiro atoms. The van der Waals surface area contributed by atoms with Gasteiger partial charge in [-0.3, -0.25) is 0 Å². The molecule has 3 rings (SSSR count). The predicted octanol–water partition coefficient (Wildman–Crippen LogP) is 4.67. The maximum Gasteiger partial charge on any atom is 0.267 e. The molecule has 2 unspecified atom stereocenters. The van der Waals surface area contributed by atoms with Crippen molar-refractivity contribution < 1.29 is 9.47 Å². The highest BCUT2D eigenvalue weighted by molar-refractivity contribution is 5.50. The van der Waals surface area contributed by atoms with Gasteiger partial charge in [-0.2, -0.15) is 0 Å². The Morgan fingerprint density at radius 3 is 2.53 bits per heavy atom. The van der Waals surface area contributed by atoms with E-state index in [-0.39, 0.29) is 6.29 Å². The van der Waals surface area contributed by atoms with Gasteiger partial charge in [-0.15, -0.1) is 0 Å². The summed E-state index contributed by atoms with van der Waals surface area (Å²) >= 11 is 0. The average molecular weight is 254 g/mol. The molecule has 1 aliphatic heterocycles. The lowest BCUT2D eigenvalue weighted by Gasteiger charge is -2.13. The SMILES string of the molecule is CCC(C)c1cccc2c1OC(c1ccccc1)O2. The van der Waals surface area contributed by atoms with Crippen LogP contribution in [0.5, 0.6) is 11.5 Å². The number of hydrogen-bond donors (Lipinski definition) is 0. The topological polar surface area (TPSA) is 18.5 Å². The van der Waals surface area contributed by atoms with E-state index in [0.717, 1.165) is 23.5 Å². The summed E-state index contributed by atoms with van der Waals surface area (Å²) in [5.41, 5.74) is 2.28. The van der Waals surface area contributed by atoms with Crippen molar-refractivity contribution in [2.75, 3.05) is 0 Å². The fraction of sp³-hybridized carbons (Fsp3) is 0.294. The molecule has 0 aromatic heterocycles. The van der Waals surface area contributed by atoms with E-state index < -0.39 is 0 Å². The average Bonchev–Trinajstić information content (AvgIpc) is 2.91. The molecule has 1 heterocycles. The number of fused-ring (bicyclic) bond motifs is 1. The van der Waals surface area contributed by atoms with Crippen molar-refractivity contribution in [1.82, 2.24) is 0 Å². The summed E-state index contributed by atoms with van der Waals surface area (Å²) < 4.78 is 11.9. The molecule has 19 heavy (non-hydrogen) atoms. The van der Waals surface area contributed by atoms with E-state index in [1.165, 1.54) is 5.56 Å². The second kappa shape index (κ2) is 4.96. The molecule has 98 valence electrons. The van der Waals surface area contributed by atoms with E-state index in [2.05, 4.69) is 19.9 Å². The zero-order valence-corrected chi connectivity index (χ0v) is 11.3. The van der Waals surface area contributed by atoms with Crippen molar-refractivity contribution in [3.63, 3.8) is 0 Å². The quantitative estimate of drug-likeness (QED) is 0.792. The largest absolute Gasteiger partial charge is 0.447 e. The highest BCUT2D eigenvalue weighted by Crippen LogP contribution is 2.45. The molecule has 0 bridgehead atoms. The van der Waals surface area contributed by atoms with Gasteiger partial charge in [-0.1, -0.05) is 56.3 Å². The van der Waals surface area contributed by atoms with Crippen LogP contribution in [-0.4, -0.2) is 0 Å². The molecule has 0 saturated carbocycles. The third-order valence-corrected chi connectivity index (χ3v) is 3.68. The second-order valence-corrected chi connectivity index (χ2v) is 4.96. The smallest absolute Gasteiger partial charge is 0.267 e. The van der Waals surface area contributed by atoms with Crippen molar-refractivity contribution in [3.05, 3.63) is 59.7 Å². The van der Waals surface area contributed by atoms with Crippen LogP contribution in [0.3, 0.4) is 0 Å². The first-order valence-electron chi connectivity index (χ1n) is 6.80. The van der Waals surface area contributed by atoms with Gasteiger partial charge in [0.25, 0.3) is 6.29 Å². The molecule has 0 aliphatic carbocycles. The van der Waals surface area contributed by atoms with Crippen LogP contribution in [-0.2, 0) is 0 Å². The monoisotopic (exact) mass is 254 g/mol. The van der Waals surface area contributed by atoms with E-state index in [0.29, 0.717) is 5.92 Å². The zero-order chi connectivity index (χ0) is 13.2. The minimum Gasteiger partial charge on any atom is -0.447 e. The summed E-state index contributed by atoms with van der Waals surface area (Å²) in [6.07, 6.45) is 0.775. The van der Waals surface area contributed by atoms with Gasteiger partial charge in [-0.25, -0.2) is 0 Å². The molecule has 2 aromatic carbocycles. The van der Waals surface area contributed by atoms with Gasteiger partial charge < -0.3 is 9.47 Å². The van der Waals surface area contributed by atoms with Crippen LogP contribution in [0.1, 0.15) is 43.6 Å². The highest BCUT2D eigenvalue weighted by Gasteiger charge is 2.28. The van der Waals surface area contributed by atoms with Gasteiger partial charge in [0.1, 0.15) is 0 Å². The summed E-state index contributed by atoms with van der Waals surface area (Å²) in [6.45, 7) is 4.41. The summed E-state index contributed by atoms with van der Waals surface area (Å²) in [4.78, 5) is 0. The van der Waals surface area contributed by atoms with Gasteiger partial charge >= 0.3 is 0 Å². The Morgan fingerprint density at radius 2 is 1.79 bits per heavy atom. The molecule has 0 amide bonds. The number of ether oxygens (including phenoxy) is 2. The fourth-order valence-corrected chi connectivity index (χ4v) is 2.35. The lowest BCUT2D eigenvalue weighted by atomic mass is 9.97. The number of para-hydroxylation sites is 1. The van der Waals surface area contributed by atoms with Crippen molar-refractivity contribution in [2.24, 2.45) is 0 Å². The predicted molar refractivity (Wildman–Crippen MR) is 75.6 cm³/mol. The van der Waals surface area contributed by atoms with Gasteiger partial charge in [-0.05, 0) is 18.4 Å². The Labute approximate surface area is 114 Å². The second-order valence-electron chi connectivity index (χ2n) is 4.96. The first-order chi connectivity index (χ1) is 9.29. The fourth-order valence-electron chi connectivity index (χ4n) is 2.35. The van der Waals surface area contributed by atoms with E-state index in [9.17, 15) is 0 Å². The third-order valence-electron chi connectivity index (χ3n) is 3.68. The Hall–Kier alpha value is -1.96. The zero-order valence-electron chi connectivity index (χ0n) is 11.3. The molecule has 2 heteroatoms. The van der Waals surface area contributed by atoms with Crippen LogP contribution in [0, 0.1) is 0 Å². The van der Waals surface area contributed by atoms with Crippen molar-refractivity contribution >= 4 is 0 Å². The molecule has 0 radical (unpaired) electrons. The van der Waals surface area contributed by atoms with Gasteiger partial charge in [0.15, 0.2) is 11.5 Å².